The van der Waals surface area contributed by atoms with Crippen LogP contribution >= 0.6 is 0 Å². The van der Waals surface area contributed by atoms with Gasteiger partial charge in [-0.3, -0.25) is 24.3 Å². The van der Waals surface area contributed by atoms with Crippen molar-refractivity contribution >= 4 is 17.7 Å². The number of pyridine rings is 2. The molecule has 0 unspecified atom stereocenters. The number of carbonyl (C=O) groups is 2. The Kier molecular flexibility index (Phi) is 4.32. The molecule has 0 aliphatic carbocycles. The van der Waals surface area contributed by atoms with Crippen molar-refractivity contribution in [3.05, 3.63) is 59.2 Å². The Morgan fingerprint density at radius 1 is 1.30 bits per heavy atom. The quantitative estimate of drug-likeness (QED) is 0.710. The molecule has 5 heterocycles. The average molecular weight is 405 g/mol. The van der Waals surface area contributed by atoms with Gasteiger partial charge in [-0.2, -0.15) is 5.10 Å². The zero-order valence-electron chi connectivity index (χ0n) is 16.3. The van der Waals surface area contributed by atoms with Crippen LogP contribution in [-0.4, -0.2) is 49.9 Å². The number of anilines is 1. The van der Waals surface area contributed by atoms with E-state index in [1.807, 2.05) is 23.9 Å². The predicted molar refractivity (Wildman–Crippen MR) is 106 cm³/mol. The van der Waals surface area contributed by atoms with Gasteiger partial charge in [0.05, 0.1) is 41.7 Å². The molecule has 1 amide bonds. The first-order valence-corrected chi connectivity index (χ1v) is 9.65. The molecule has 3 aromatic heterocycles. The van der Waals surface area contributed by atoms with Crippen LogP contribution in [0.4, 0.5) is 5.82 Å². The third-order valence-corrected chi connectivity index (χ3v) is 5.49. The van der Waals surface area contributed by atoms with Gasteiger partial charge < -0.3 is 9.84 Å². The van der Waals surface area contributed by atoms with Crippen LogP contribution in [0.25, 0.3) is 11.3 Å². The van der Waals surface area contributed by atoms with Crippen molar-refractivity contribution in [2.75, 3.05) is 18.1 Å². The van der Waals surface area contributed by atoms with Crippen LogP contribution in [-0.2, 0) is 11.3 Å². The fraction of sp³-hybridized carbons (Fsp3) is 0.286. The van der Waals surface area contributed by atoms with Crippen molar-refractivity contribution in [3.8, 4) is 11.3 Å². The van der Waals surface area contributed by atoms with E-state index in [1.165, 1.54) is 12.3 Å². The summed E-state index contributed by atoms with van der Waals surface area (Å²) in [6, 6.07) is 5.35. The molecular weight excluding hydrogens is 386 g/mol. The lowest BCUT2D eigenvalue weighted by atomic mass is 10.0. The molecule has 2 aliphatic rings. The van der Waals surface area contributed by atoms with Gasteiger partial charge in [0.2, 0.25) is 0 Å². The predicted octanol–water partition coefficient (Wildman–Crippen LogP) is 2.47. The summed E-state index contributed by atoms with van der Waals surface area (Å²) in [5, 5.41) is 13.8. The van der Waals surface area contributed by atoms with Crippen molar-refractivity contribution in [2.24, 2.45) is 0 Å². The molecule has 1 N–H and O–H groups in total. The number of amides is 1. The lowest BCUT2D eigenvalue weighted by Crippen LogP contribution is -2.24. The van der Waals surface area contributed by atoms with Crippen LogP contribution in [0.15, 0.2) is 36.8 Å². The SMILES string of the molecule is Cc1cc(-c2cncc(C(=O)O)c2)nc2c1C(=O)N(c1ccn([C@H]3CCOC3)n1)C2. The monoisotopic (exact) mass is 405 g/mol. The van der Waals surface area contributed by atoms with E-state index < -0.39 is 5.97 Å². The molecule has 0 radical (unpaired) electrons. The number of fused-ring (bicyclic) bond motifs is 1. The fourth-order valence-electron chi connectivity index (χ4n) is 3.94. The summed E-state index contributed by atoms with van der Waals surface area (Å²) < 4.78 is 7.27. The summed E-state index contributed by atoms with van der Waals surface area (Å²) in [5.74, 6) is -0.598. The fourth-order valence-corrected chi connectivity index (χ4v) is 3.94. The van der Waals surface area contributed by atoms with Gasteiger partial charge >= 0.3 is 5.97 Å². The first kappa shape index (κ1) is 18.4. The van der Waals surface area contributed by atoms with Crippen molar-refractivity contribution in [1.29, 1.82) is 0 Å². The normalized spacial score (nSPS) is 18.1. The Labute approximate surface area is 171 Å². The van der Waals surface area contributed by atoms with E-state index in [2.05, 4.69) is 15.1 Å². The van der Waals surface area contributed by atoms with Gasteiger partial charge in [-0.25, -0.2) is 4.79 Å². The molecule has 1 fully saturated rings. The minimum atomic E-state index is -1.05. The smallest absolute Gasteiger partial charge is 0.337 e. The Morgan fingerprint density at radius 3 is 2.93 bits per heavy atom. The highest BCUT2D eigenvalue weighted by Gasteiger charge is 2.33. The number of hydrogen-bond donors (Lipinski definition) is 1. The van der Waals surface area contributed by atoms with Crippen molar-refractivity contribution < 1.29 is 19.4 Å². The largest absolute Gasteiger partial charge is 0.478 e. The molecule has 0 spiro atoms. The van der Waals surface area contributed by atoms with Crippen molar-refractivity contribution in [2.45, 2.75) is 25.9 Å². The average Bonchev–Trinajstić information content (AvgIpc) is 3.48. The minimum absolute atomic E-state index is 0.0894. The number of aromatic carboxylic acids is 1. The van der Waals surface area contributed by atoms with Gasteiger partial charge in [-0.05, 0) is 31.0 Å². The molecule has 0 bridgehead atoms. The molecule has 0 aromatic carbocycles. The molecule has 5 rings (SSSR count). The number of aromatic nitrogens is 4. The van der Waals surface area contributed by atoms with Crippen LogP contribution < -0.4 is 4.90 Å². The van der Waals surface area contributed by atoms with Crippen LogP contribution in [0.1, 0.15) is 44.4 Å². The number of carboxylic acid groups (broad SMARTS) is 1. The molecular formula is C21H19N5O4. The number of carboxylic acids is 1. The second kappa shape index (κ2) is 7.03. The second-order valence-electron chi connectivity index (χ2n) is 7.48. The molecule has 2 aliphatic heterocycles. The molecule has 0 saturated carbocycles. The zero-order chi connectivity index (χ0) is 20.8. The van der Waals surface area contributed by atoms with Crippen LogP contribution in [0.3, 0.4) is 0 Å². The number of nitrogens with zero attached hydrogens (tertiary/aromatic N) is 5. The Balaban J connectivity index is 1.47. The molecule has 30 heavy (non-hydrogen) atoms. The summed E-state index contributed by atoms with van der Waals surface area (Å²) in [4.78, 5) is 34.6. The van der Waals surface area contributed by atoms with E-state index in [1.54, 1.807) is 17.2 Å². The Bertz CT molecular complexity index is 1170. The van der Waals surface area contributed by atoms with E-state index in [-0.39, 0.29) is 17.5 Å². The lowest BCUT2D eigenvalue weighted by molar-refractivity contribution is 0.0696. The third kappa shape index (κ3) is 3.03. The highest BCUT2D eigenvalue weighted by molar-refractivity contribution is 6.10. The Hall–Kier alpha value is -3.59. The molecule has 152 valence electrons. The van der Waals surface area contributed by atoms with Crippen molar-refractivity contribution in [3.63, 3.8) is 0 Å². The molecule has 9 nitrogen and oxygen atoms in total. The number of aryl methyl sites for hydroxylation is 1. The number of ether oxygens (including phenoxy) is 1. The van der Waals surface area contributed by atoms with Crippen LogP contribution in [0.5, 0.6) is 0 Å². The van der Waals surface area contributed by atoms with E-state index >= 15 is 0 Å². The number of hydrogen-bond acceptors (Lipinski definition) is 6. The lowest BCUT2D eigenvalue weighted by Gasteiger charge is -2.12. The number of rotatable bonds is 4. The summed E-state index contributed by atoms with van der Waals surface area (Å²) in [5.41, 5.74) is 3.27. The van der Waals surface area contributed by atoms with E-state index in [9.17, 15) is 14.7 Å². The maximum atomic E-state index is 13.1. The number of carbonyl (C=O) groups excluding carboxylic acids is 1. The first-order valence-electron chi connectivity index (χ1n) is 9.65. The van der Waals surface area contributed by atoms with Crippen molar-refractivity contribution in [1.82, 2.24) is 19.7 Å². The highest BCUT2D eigenvalue weighted by atomic mass is 16.5. The summed E-state index contributed by atoms with van der Waals surface area (Å²) >= 11 is 0. The zero-order valence-corrected chi connectivity index (χ0v) is 16.3. The van der Waals surface area contributed by atoms with Crippen LogP contribution in [0.2, 0.25) is 0 Å². The van der Waals surface area contributed by atoms with E-state index in [0.29, 0.717) is 41.5 Å². The summed E-state index contributed by atoms with van der Waals surface area (Å²) in [7, 11) is 0. The molecule has 1 saturated heterocycles. The van der Waals surface area contributed by atoms with Crippen LogP contribution in [0, 0.1) is 6.92 Å². The minimum Gasteiger partial charge on any atom is -0.478 e. The Morgan fingerprint density at radius 2 is 2.17 bits per heavy atom. The van der Waals surface area contributed by atoms with Gasteiger partial charge in [0, 0.05) is 36.8 Å². The first-order chi connectivity index (χ1) is 14.5. The van der Waals surface area contributed by atoms with Gasteiger partial charge in [0.15, 0.2) is 5.82 Å². The topological polar surface area (TPSA) is 110 Å². The molecule has 3 aromatic rings. The summed E-state index contributed by atoms with van der Waals surface area (Å²) in [6.07, 6.45) is 5.64. The van der Waals surface area contributed by atoms with Gasteiger partial charge in [-0.15, -0.1) is 0 Å². The van der Waals surface area contributed by atoms with E-state index in [0.717, 1.165) is 18.6 Å². The van der Waals surface area contributed by atoms with Gasteiger partial charge in [0.25, 0.3) is 5.91 Å². The molecule has 9 heteroatoms. The maximum absolute atomic E-state index is 13.1. The standard InChI is InChI=1S/C21H19N5O4/c1-12-6-16(13-7-14(21(28)29)9-22-8-13)23-17-10-25(20(27)19(12)17)18-2-4-26(24-18)15-3-5-30-11-15/h2,4,6-9,15H,3,5,10-11H2,1H3,(H,28,29)/t15-/m0/s1. The van der Waals surface area contributed by atoms with Gasteiger partial charge in [-0.1, -0.05) is 0 Å². The summed E-state index contributed by atoms with van der Waals surface area (Å²) in [6.45, 7) is 3.52. The second-order valence-corrected chi connectivity index (χ2v) is 7.48. The highest BCUT2D eigenvalue weighted by Crippen LogP contribution is 2.32. The maximum Gasteiger partial charge on any atom is 0.337 e. The van der Waals surface area contributed by atoms with E-state index in [4.69, 9.17) is 4.74 Å². The van der Waals surface area contributed by atoms with Gasteiger partial charge in [0.1, 0.15) is 0 Å². The third-order valence-electron chi connectivity index (χ3n) is 5.49. The molecule has 1 atom stereocenters.